The van der Waals surface area contributed by atoms with Gasteiger partial charge in [-0.05, 0) is 114 Å². The van der Waals surface area contributed by atoms with Crippen LogP contribution in [0.2, 0.25) is 0 Å². The summed E-state index contributed by atoms with van der Waals surface area (Å²) in [5.41, 5.74) is 2.01. The molecule has 3 aliphatic rings. The number of hydrogen-bond donors (Lipinski definition) is 5. The number of hydrogen-bond acceptors (Lipinski definition) is 11. The zero-order valence-corrected chi connectivity index (χ0v) is 30.2. The number of allylic oxidation sites excluding steroid dienone is 1. The number of rotatable bonds is 11. The van der Waals surface area contributed by atoms with Crippen LogP contribution in [0.25, 0.3) is 49.2 Å². The lowest BCUT2D eigenvalue weighted by Gasteiger charge is -2.29. The molecule has 5 atom stereocenters. The fourth-order valence-electron chi connectivity index (χ4n) is 10.3. The number of benzene rings is 5. The second kappa shape index (κ2) is 13.2. The summed E-state index contributed by atoms with van der Waals surface area (Å²) in [6, 6.07) is 2.18. The van der Waals surface area contributed by atoms with E-state index in [0.29, 0.717) is 93.5 Å². The summed E-state index contributed by atoms with van der Waals surface area (Å²) in [7, 11) is 1.34. The first-order valence-electron chi connectivity index (χ1n) is 18.4. The Hall–Kier alpha value is -5.33. The van der Waals surface area contributed by atoms with Crippen LogP contribution in [0.15, 0.2) is 27.3 Å². The summed E-state index contributed by atoms with van der Waals surface area (Å²) in [6.45, 7) is 2.48. The molecule has 8 rings (SSSR count). The molecule has 3 aliphatic carbocycles. The minimum atomic E-state index is -0.967. The van der Waals surface area contributed by atoms with Gasteiger partial charge in [-0.15, -0.1) is 0 Å². The number of carboxylic acids is 1. The van der Waals surface area contributed by atoms with Gasteiger partial charge in [0.15, 0.2) is 22.4 Å². The topological polar surface area (TPSA) is 197 Å². The molecule has 5 aromatic rings. The van der Waals surface area contributed by atoms with E-state index < -0.39 is 59.8 Å². The quantitative estimate of drug-likeness (QED) is 0.0674. The molecule has 54 heavy (non-hydrogen) atoms. The highest BCUT2D eigenvalue weighted by molar-refractivity contribution is 6.39. The van der Waals surface area contributed by atoms with E-state index in [0.717, 1.165) is 6.42 Å². The minimum Gasteiger partial charge on any atom is -0.504 e. The first-order chi connectivity index (χ1) is 26.0. The maximum atomic E-state index is 14.7. The van der Waals surface area contributed by atoms with Crippen molar-refractivity contribution in [1.82, 2.24) is 0 Å². The van der Waals surface area contributed by atoms with Gasteiger partial charge >= 0.3 is 5.97 Å². The first kappa shape index (κ1) is 35.7. The Labute approximate surface area is 308 Å². The first-order valence-corrected chi connectivity index (χ1v) is 18.4. The molecule has 0 amide bonds. The van der Waals surface area contributed by atoms with Crippen LogP contribution in [0.1, 0.15) is 86.1 Å². The van der Waals surface area contributed by atoms with Gasteiger partial charge < -0.3 is 35.2 Å². The van der Waals surface area contributed by atoms with E-state index in [1.807, 2.05) is 6.08 Å². The zero-order chi connectivity index (χ0) is 38.3. The number of aromatic hydroxyl groups is 1. The van der Waals surface area contributed by atoms with E-state index in [1.54, 1.807) is 6.92 Å². The number of phenols is 1. The summed E-state index contributed by atoms with van der Waals surface area (Å²) in [5.74, 6) is -3.62. The van der Waals surface area contributed by atoms with E-state index in [9.17, 15) is 44.4 Å². The lowest BCUT2D eigenvalue weighted by Crippen LogP contribution is -2.32. The van der Waals surface area contributed by atoms with Crippen molar-refractivity contribution in [2.24, 2.45) is 11.8 Å². The van der Waals surface area contributed by atoms with Crippen LogP contribution in [0.5, 0.6) is 11.5 Å². The highest BCUT2D eigenvalue weighted by Gasteiger charge is 2.40. The van der Waals surface area contributed by atoms with Crippen LogP contribution in [0, 0.1) is 11.8 Å². The van der Waals surface area contributed by atoms with Crippen LogP contribution in [-0.4, -0.2) is 57.9 Å². The number of fused-ring (bicyclic) bond motifs is 1. The standard InChI is InChI=1S/C42H41NO11/c1-17-10-23-24(11-19-6-4-7-22(19)42(51)52)39(43-25-8-5-9-28(25)54-16-46)33-26(48)12-20(14-44)30-31-21(15-45)13-27(49)34-36(31)37(32(23)35(30)33)38(29(17)18(2)47)41(53-3)40(34)50/h10,12-13,16,19,22,25,28-29,43-45,50H,4-9,11,14-15H2,1-3H3,(H,51,52). The monoisotopic (exact) mass is 735 g/mol. The molecule has 5 N–H and O–H groups in total. The Morgan fingerprint density at radius 1 is 0.889 bits per heavy atom. The molecule has 12 nitrogen and oxygen atoms in total. The maximum Gasteiger partial charge on any atom is 0.306 e. The lowest BCUT2D eigenvalue weighted by molar-refractivity contribution is -0.143. The molecule has 0 radical (unpaired) electrons. The summed E-state index contributed by atoms with van der Waals surface area (Å²) in [6.07, 6.45) is 5.44. The van der Waals surface area contributed by atoms with Crippen LogP contribution in [-0.2, 0) is 38.8 Å². The SMILES string of the molecule is COc1c(O)c2c(=O)cc(CO)c3c4c(CO)cc(=O)c5c(NC6CCCC6OC=O)c(CC6CCCC6C(=O)O)c6c(c(c1C(C(C)=O)C(C)=C6)c23)c54. The van der Waals surface area contributed by atoms with Gasteiger partial charge in [0.1, 0.15) is 11.9 Å². The molecular formula is C42H41NO11. The fraction of sp³-hybridized carbons (Fsp3) is 0.405. The number of ketones is 1. The van der Waals surface area contributed by atoms with E-state index in [2.05, 4.69) is 5.32 Å². The molecule has 2 fully saturated rings. The van der Waals surface area contributed by atoms with Gasteiger partial charge in [-0.2, -0.15) is 0 Å². The normalized spacial score (nSPS) is 22.4. The number of anilines is 1. The molecule has 0 spiro atoms. The number of aliphatic hydroxyl groups is 2. The van der Waals surface area contributed by atoms with E-state index >= 15 is 0 Å². The van der Waals surface area contributed by atoms with Gasteiger partial charge in [0.05, 0.1) is 54.7 Å². The van der Waals surface area contributed by atoms with Crippen molar-refractivity contribution in [3.05, 3.63) is 66.0 Å². The van der Waals surface area contributed by atoms with Gasteiger partial charge in [0.25, 0.3) is 6.47 Å². The number of aliphatic carboxylic acids is 1. The molecule has 0 saturated heterocycles. The minimum absolute atomic E-state index is 0.0688. The zero-order valence-electron chi connectivity index (χ0n) is 30.2. The molecule has 5 unspecified atom stereocenters. The van der Waals surface area contributed by atoms with Crippen molar-refractivity contribution in [1.29, 1.82) is 0 Å². The van der Waals surface area contributed by atoms with Crippen molar-refractivity contribution in [2.75, 3.05) is 12.4 Å². The molecule has 0 bridgehead atoms. The van der Waals surface area contributed by atoms with Gasteiger partial charge in [-0.25, -0.2) is 0 Å². The van der Waals surface area contributed by atoms with Crippen LogP contribution in [0.4, 0.5) is 5.69 Å². The molecule has 0 aliphatic heterocycles. The Bertz CT molecular complexity index is 2580. The highest BCUT2D eigenvalue weighted by Crippen LogP contribution is 2.56. The average Bonchev–Trinajstić information content (AvgIpc) is 3.76. The summed E-state index contributed by atoms with van der Waals surface area (Å²) in [4.78, 5) is 66.6. The predicted molar refractivity (Wildman–Crippen MR) is 203 cm³/mol. The van der Waals surface area contributed by atoms with Crippen LogP contribution >= 0.6 is 0 Å². The number of phenolic OH excluding ortho intramolecular Hbond substituents is 1. The van der Waals surface area contributed by atoms with E-state index in [-0.39, 0.29) is 51.2 Å². The number of ether oxygens (including phenoxy) is 2. The second-order valence-electron chi connectivity index (χ2n) is 15.2. The number of nitrogens with one attached hydrogen (secondary N) is 1. The highest BCUT2D eigenvalue weighted by atomic mass is 16.5. The summed E-state index contributed by atoms with van der Waals surface area (Å²) < 4.78 is 11.3. The van der Waals surface area contributed by atoms with Gasteiger partial charge in [-0.3, -0.25) is 24.0 Å². The fourth-order valence-corrected chi connectivity index (χ4v) is 10.3. The molecular weight excluding hydrogens is 694 g/mol. The summed E-state index contributed by atoms with van der Waals surface area (Å²) in [5, 5.41) is 49.9. The Balaban J connectivity index is 1.69. The molecule has 280 valence electrons. The van der Waals surface area contributed by atoms with Gasteiger partial charge in [0, 0.05) is 16.3 Å². The average molecular weight is 736 g/mol. The number of methoxy groups -OCH3 is 1. The number of carbonyl (C=O) groups excluding carboxylic acids is 2. The van der Waals surface area contributed by atoms with Crippen molar-refractivity contribution in [3.8, 4) is 11.5 Å². The Kier molecular flexibility index (Phi) is 8.73. The molecule has 2 saturated carbocycles. The second-order valence-corrected chi connectivity index (χ2v) is 15.2. The third kappa shape index (κ3) is 4.99. The molecule has 0 aromatic heterocycles. The Morgan fingerprint density at radius 3 is 2.15 bits per heavy atom. The molecule has 0 heterocycles. The molecule has 12 heteroatoms. The van der Waals surface area contributed by atoms with Crippen molar-refractivity contribution < 1.29 is 44.3 Å². The number of Topliss-reactive ketones (excluding diaryl/α,β-unsaturated/α-hetero) is 1. The number of carboxylic acid groups (broad SMARTS) is 1. The van der Waals surface area contributed by atoms with Crippen molar-refractivity contribution in [2.45, 2.75) is 90.1 Å². The smallest absolute Gasteiger partial charge is 0.306 e. The third-order valence-corrected chi connectivity index (χ3v) is 12.4. The van der Waals surface area contributed by atoms with E-state index in [1.165, 1.54) is 26.2 Å². The van der Waals surface area contributed by atoms with Crippen LogP contribution < -0.4 is 20.9 Å². The Morgan fingerprint density at radius 2 is 1.54 bits per heavy atom. The summed E-state index contributed by atoms with van der Waals surface area (Å²) >= 11 is 0. The van der Waals surface area contributed by atoms with Gasteiger partial charge in [-0.1, -0.05) is 18.1 Å². The largest absolute Gasteiger partial charge is 0.504 e. The maximum absolute atomic E-state index is 14.7. The van der Waals surface area contributed by atoms with Gasteiger partial charge in [0.2, 0.25) is 0 Å². The molecule has 5 aromatic carbocycles. The van der Waals surface area contributed by atoms with Crippen molar-refractivity contribution in [3.63, 3.8) is 0 Å². The number of carbonyl (C=O) groups is 3. The van der Waals surface area contributed by atoms with Crippen LogP contribution in [0.3, 0.4) is 0 Å². The third-order valence-electron chi connectivity index (χ3n) is 12.4. The lowest BCUT2D eigenvalue weighted by atomic mass is 9.77. The van der Waals surface area contributed by atoms with E-state index in [4.69, 9.17) is 9.47 Å². The number of aliphatic hydroxyl groups excluding tert-OH is 2. The predicted octanol–water partition coefficient (Wildman–Crippen LogP) is 5.23. The van der Waals surface area contributed by atoms with Crippen molar-refractivity contribution >= 4 is 73.1 Å².